The highest BCUT2D eigenvalue weighted by Gasteiger charge is 2.42. The lowest BCUT2D eigenvalue weighted by Gasteiger charge is -2.35. The molecule has 0 aromatic heterocycles. The highest BCUT2D eigenvalue weighted by molar-refractivity contribution is 7.93. The summed E-state index contributed by atoms with van der Waals surface area (Å²) in [5.41, 5.74) is 2.55. The Morgan fingerprint density at radius 3 is 2.80 bits per heavy atom. The van der Waals surface area contributed by atoms with Crippen LogP contribution in [0.15, 0.2) is 48.1 Å². The van der Waals surface area contributed by atoms with Crippen molar-refractivity contribution >= 4 is 9.84 Å². The molecule has 1 saturated carbocycles. The molecule has 0 spiro atoms. The maximum Gasteiger partial charge on any atom is 0.164 e. The molecule has 2 bridgehead atoms. The highest BCUT2D eigenvalue weighted by Crippen LogP contribution is 2.44. The first kappa shape index (κ1) is 13.9. The predicted molar refractivity (Wildman–Crippen MR) is 83.1 cm³/mol. The van der Waals surface area contributed by atoms with Crippen molar-refractivity contribution in [2.45, 2.75) is 43.1 Å². The zero-order valence-corrected chi connectivity index (χ0v) is 12.8. The van der Waals surface area contributed by atoms with E-state index in [9.17, 15) is 8.42 Å². The van der Waals surface area contributed by atoms with E-state index < -0.39 is 9.84 Å². The maximum absolute atomic E-state index is 12.8. The molecule has 0 aromatic carbocycles. The molecule has 0 N–H and O–H groups in total. The van der Waals surface area contributed by atoms with Crippen molar-refractivity contribution in [1.82, 2.24) is 0 Å². The molecular weight excluding hydrogens is 268 g/mol. The van der Waals surface area contributed by atoms with E-state index >= 15 is 0 Å². The van der Waals surface area contributed by atoms with Gasteiger partial charge in [-0.25, -0.2) is 8.42 Å². The number of hydrogen-bond donors (Lipinski definition) is 0. The van der Waals surface area contributed by atoms with Gasteiger partial charge >= 0.3 is 0 Å². The first-order chi connectivity index (χ1) is 9.50. The van der Waals surface area contributed by atoms with Crippen LogP contribution in [0.2, 0.25) is 0 Å². The van der Waals surface area contributed by atoms with E-state index in [1.807, 2.05) is 24.3 Å². The van der Waals surface area contributed by atoms with Crippen LogP contribution >= 0.6 is 0 Å². The van der Waals surface area contributed by atoms with Crippen molar-refractivity contribution in [1.29, 1.82) is 0 Å². The minimum atomic E-state index is -3.11. The standard InChI is InChI=1S/C17H22O2S/c1-12(2)14-8-7-13-9-10-15-5-3-4-6-17(16(13)11-14)20(15,18)19/h3-6,9,14-17H,1,7-8,10-11H2,2H3/t14-,15?,16+,17?/m1/s1. The SMILES string of the molecule is C=C(C)[C@@H]1CCC2=CCC3C=CC=CC([C@H]2C1)S3(=O)=O. The van der Waals surface area contributed by atoms with Crippen LogP contribution in [0.4, 0.5) is 0 Å². The van der Waals surface area contributed by atoms with Crippen molar-refractivity contribution in [3.05, 3.63) is 48.1 Å². The smallest absolute Gasteiger partial charge is 0.164 e. The number of sulfone groups is 1. The van der Waals surface area contributed by atoms with Gasteiger partial charge in [-0.3, -0.25) is 0 Å². The number of fused-ring (bicyclic) bond motifs is 4. The monoisotopic (exact) mass is 290 g/mol. The summed E-state index contributed by atoms with van der Waals surface area (Å²) in [5, 5.41) is -0.692. The molecule has 2 aliphatic heterocycles. The van der Waals surface area contributed by atoms with E-state index in [0.29, 0.717) is 12.3 Å². The summed E-state index contributed by atoms with van der Waals surface area (Å²) < 4.78 is 25.6. The molecule has 2 nitrogen and oxygen atoms in total. The molecule has 0 amide bonds. The maximum atomic E-state index is 12.8. The Balaban J connectivity index is 2.02. The van der Waals surface area contributed by atoms with E-state index in [0.717, 1.165) is 19.3 Å². The Morgan fingerprint density at radius 2 is 2.05 bits per heavy atom. The van der Waals surface area contributed by atoms with Crippen LogP contribution in [0, 0.1) is 11.8 Å². The summed E-state index contributed by atoms with van der Waals surface area (Å²) in [6, 6.07) is 0. The van der Waals surface area contributed by atoms with Gasteiger partial charge in [0.15, 0.2) is 9.84 Å². The van der Waals surface area contributed by atoms with Crippen LogP contribution < -0.4 is 0 Å². The van der Waals surface area contributed by atoms with Crippen LogP contribution in [0.25, 0.3) is 0 Å². The van der Waals surface area contributed by atoms with E-state index in [4.69, 9.17) is 0 Å². The third kappa shape index (κ3) is 2.22. The van der Waals surface area contributed by atoms with Crippen molar-refractivity contribution in [2.75, 3.05) is 0 Å². The third-order valence-electron chi connectivity index (χ3n) is 5.04. The zero-order valence-electron chi connectivity index (χ0n) is 12.0. The second-order valence-corrected chi connectivity index (χ2v) is 8.63. The first-order valence-electron chi connectivity index (χ1n) is 7.42. The molecule has 2 heterocycles. The van der Waals surface area contributed by atoms with Gasteiger partial charge < -0.3 is 0 Å². The number of allylic oxidation sites excluding steroid dienone is 5. The molecule has 1 aliphatic carbocycles. The van der Waals surface area contributed by atoms with Crippen molar-refractivity contribution in [3.63, 3.8) is 0 Å². The molecule has 3 heteroatoms. The van der Waals surface area contributed by atoms with E-state index in [-0.39, 0.29) is 16.4 Å². The van der Waals surface area contributed by atoms with Crippen molar-refractivity contribution in [3.8, 4) is 0 Å². The molecule has 3 rings (SSSR count). The average molecular weight is 290 g/mol. The molecular formula is C17H22O2S. The van der Waals surface area contributed by atoms with Crippen LogP contribution in [0.3, 0.4) is 0 Å². The second-order valence-electron chi connectivity index (χ2n) is 6.30. The lowest BCUT2D eigenvalue weighted by molar-refractivity contribution is 0.371. The Bertz CT molecular complexity index is 607. The predicted octanol–water partition coefficient (Wildman–Crippen LogP) is 3.59. The van der Waals surface area contributed by atoms with E-state index in [1.165, 1.54) is 11.1 Å². The van der Waals surface area contributed by atoms with E-state index in [1.54, 1.807) is 0 Å². The Labute approximate surface area is 121 Å². The second kappa shape index (κ2) is 5.03. The summed E-state index contributed by atoms with van der Waals surface area (Å²) in [6.07, 6.45) is 13.5. The van der Waals surface area contributed by atoms with Crippen LogP contribution in [-0.4, -0.2) is 18.9 Å². The summed E-state index contributed by atoms with van der Waals surface area (Å²) in [5.74, 6) is 0.616. The molecule has 0 aromatic rings. The van der Waals surface area contributed by atoms with Crippen LogP contribution in [0.5, 0.6) is 0 Å². The zero-order chi connectivity index (χ0) is 14.3. The molecule has 3 aliphatic rings. The van der Waals surface area contributed by atoms with Gasteiger partial charge in [0.05, 0.1) is 10.5 Å². The van der Waals surface area contributed by atoms with Crippen LogP contribution in [0.1, 0.15) is 32.6 Å². The molecule has 4 atom stereocenters. The van der Waals surface area contributed by atoms with E-state index in [2.05, 4.69) is 19.6 Å². The Hall–Kier alpha value is -1.09. The van der Waals surface area contributed by atoms with Crippen LogP contribution in [-0.2, 0) is 9.84 Å². The van der Waals surface area contributed by atoms with Gasteiger partial charge in [-0.1, -0.05) is 48.1 Å². The Morgan fingerprint density at radius 1 is 1.30 bits per heavy atom. The molecule has 1 fully saturated rings. The molecule has 2 unspecified atom stereocenters. The minimum Gasteiger partial charge on any atom is -0.228 e. The Kier molecular flexibility index (Phi) is 3.49. The summed E-state index contributed by atoms with van der Waals surface area (Å²) in [7, 11) is -3.11. The topological polar surface area (TPSA) is 34.1 Å². The summed E-state index contributed by atoms with van der Waals surface area (Å²) in [4.78, 5) is 0. The van der Waals surface area contributed by atoms with Gasteiger partial charge in [-0.05, 0) is 38.5 Å². The fraction of sp³-hybridized carbons (Fsp3) is 0.529. The van der Waals surface area contributed by atoms with Gasteiger partial charge in [0.1, 0.15) is 0 Å². The van der Waals surface area contributed by atoms with Crippen molar-refractivity contribution in [2.24, 2.45) is 11.8 Å². The third-order valence-corrected chi connectivity index (χ3v) is 7.48. The average Bonchev–Trinajstić information content (AvgIpc) is 2.61. The quantitative estimate of drug-likeness (QED) is 0.692. The molecule has 0 saturated heterocycles. The summed E-state index contributed by atoms with van der Waals surface area (Å²) >= 11 is 0. The van der Waals surface area contributed by atoms with Gasteiger partial charge in [0.2, 0.25) is 0 Å². The largest absolute Gasteiger partial charge is 0.228 e. The first-order valence-corrected chi connectivity index (χ1v) is 9.03. The normalized spacial score (nSPS) is 38.4. The molecule has 20 heavy (non-hydrogen) atoms. The number of rotatable bonds is 1. The minimum absolute atomic E-state index is 0.150. The van der Waals surface area contributed by atoms with Gasteiger partial charge in [-0.15, -0.1) is 0 Å². The molecule has 108 valence electrons. The summed E-state index contributed by atoms with van der Waals surface area (Å²) in [6.45, 7) is 6.14. The van der Waals surface area contributed by atoms with Gasteiger partial charge in [0, 0.05) is 5.92 Å². The molecule has 0 radical (unpaired) electrons. The fourth-order valence-electron chi connectivity index (χ4n) is 3.77. The number of hydrogen-bond acceptors (Lipinski definition) is 2. The van der Waals surface area contributed by atoms with Gasteiger partial charge in [-0.2, -0.15) is 0 Å². The van der Waals surface area contributed by atoms with Gasteiger partial charge in [0.25, 0.3) is 0 Å². The van der Waals surface area contributed by atoms with Crippen molar-refractivity contribution < 1.29 is 8.42 Å². The highest BCUT2D eigenvalue weighted by atomic mass is 32.2. The lowest BCUT2D eigenvalue weighted by Crippen LogP contribution is -2.36. The fourth-order valence-corrected chi connectivity index (χ4v) is 5.91. The lowest BCUT2D eigenvalue weighted by atomic mass is 9.73.